The summed E-state index contributed by atoms with van der Waals surface area (Å²) < 4.78 is 14.2. The zero-order valence-corrected chi connectivity index (χ0v) is 19.6. The zero-order chi connectivity index (χ0) is 24.5. The van der Waals surface area contributed by atoms with Crippen LogP contribution in [0.4, 0.5) is 5.69 Å². The van der Waals surface area contributed by atoms with Crippen LogP contribution in [0.1, 0.15) is 11.3 Å². The number of amides is 1. The second-order valence-corrected chi connectivity index (χ2v) is 8.92. The molecule has 0 spiro atoms. The van der Waals surface area contributed by atoms with Gasteiger partial charge in [0.2, 0.25) is 5.91 Å². The predicted octanol–water partition coefficient (Wildman–Crippen LogP) is 4.28. The SMILES string of the molecule is C=C(OC)c1ccc(NC(=O)Cn2c(=O)n(Cc3ccco3)c(=O)c3sc4ccccc4c32)cc1. The monoisotopic (exact) mass is 487 g/mol. The quantitative estimate of drug-likeness (QED) is 0.346. The topological polar surface area (TPSA) is 95.5 Å². The van der Waals surface area contributed by atoms with Crippen molar-refractivity contribution in [3.05, 3.63) is 106 Å². The minimum Gasteiger partial charge on any atom is -0.497 e. The number of hydrogen-bond donors (Lipinski definition) is 1. The molecule has 5 rings (SSSR count). The highest BCUT2D eigenvalue weighted by atomic mass is 32.1. The van der Waals surface area contributed by atoms with Crippen molar-refractivity contribution in [3.63, 3.8) is 0 Å². The maximum Gasteiger partial charge on any atom is 0.332 e. The molecule has 3 aromatic heterocycles. The maximum atomic E-state index is 13.5. The Morgan fingerprint density at radius 3 is 2.54 bits per heavy atom. The second-order valence-electron chi connectivity index (χ2n) is 7.87. The van der Waals surface area contributed by atoms with Crippen molar-refractivity contribution in [2.75, 3.05) is 12.4 Å². The van der Waals surface area contributed by atoms with E-state index in [1.807, 2.05) is 24.3 Å². The van der Waals surface area contributed by atoms with Crippen LogP contribution < -0.4 is 16.6 Å². The van der Waals surface area contributed by atoms with Gasteiger partial charge >= 0.3 is 5.69 Å². The number of thiophene rings is 1. The standard InChI is InChI=1S/C26H21N3O5S/c1-16(33-2)17-9-11-18(12-10-17)27-22(30)15-28-23-20-7-3-4-8-21(20)35-24(23)25(31)29(26(28)32)14-19-6-5-13-34-19/h3-13H,1,14-15H2,2H3,(H,27,30). The molecule has 5 aromatic rings. The van der Waals surface area contributed by atoms with Gasteiger partial charge < -0.3 is 14.5 Å². The summed E-state index contributed by atoms with van der Waals surface area (Å²) in [6.07, 6.45) is 1.48. The zero-order valence-electron chi connectivity index (χ0n) is 18.8. The van der Waals surface area contributed by atoms with Crippen molar-refractivity contribution in [2.24, 2.45) is 0 Å². The van der Waals surface area contributed by atoms with Gasteiger partial charge in [0.25, 0.3) is 5.56 Å². The van der Waals surface area contributed by atoms with Gasteiger partial charge in [-0.15, -0.1) is 11.3 Å². The molecule has 8 nitrogen and oxygen atoms in total. The van der Waals surface area contributed by atoms with Crippen LogP contribution in [-0.4, -0.2) is 22.2 Å². The second kappa shape index (κ2) is 9.11. The molecule has 1 N–H and O–H groups in total. The summed E-state index contributed by atoms with van der Waals surface area (Å²) in [6.45, 7) is 3.52. The molecule has 176 valence electrons. The van der Waals surface area contributed by atoms with Crippen molar-refractivity contribution in [1.29, 1.82) is 0 Å². The van der Waals surface area contributed by atoms with Crippen LogP contribution in [0.15, 0.2) is 87.5 Å². The molecule has 0 radical (unpaired) electrons. The highest BCUT2D eigenvalue weighted by molar-refractivity contribution is 7.25. The van der Waals surface area contributed by atoms with Gasteiger partial charge in [-0.3, -0.25) is 18.7 Å². The summed E-state index contributed by atoms with van der Waals surface area (Å²) in [5.41, 5.74) is 0.819. The lowest BCUT2D eigenvalue weighted by Gasteiger charge is -2.13. The minimum absolute atomic E-state index is 0.0265. The number of benzene rings is 2. The molecule has 0 aliphatic carbocycles. The molecule has 0 atom stereocenters. The third-order valence-electron chi connectivity index (χ3n) is 5.67. The van der Waals surface area contributed by atoms with Crippen molar-refractivity contribution < 1.29 is 13.9 Å². The van der Waals surface area contributed by atoms with Crippen molar-refractivity contribution in [2.45, 2.75) is 13.1 Å². The Morgan fingerprint density at radius 1 is 1.06 bits per heavy atom. The van der Waals surface area contributed by atoms with Crippen molar-refractivity contribution in [3.8, 4) is 0 Å². The molecule has 1 amide bonds. The number of aromatic nitrogens is 2. The normalized spacial score (nSPS) is 11.1. The Kier molecular flexibility index (Phi) is 5.84. The Morgan fingerprint density at radius 2 is 1.83 bits per heavy atom. The van der Waals surface area contributed by atoms with Crippen molar-refractivity contribution >= 4 is 49.0 Å². The van der Waals surface area contributed by atoms with E-state index < -0.39 is 17.2 Å². The Bertz CT molecular complexity index is 1670. The number of rotatable bonds is 7. The molecule has 3 heterocycles. The first-order valence-corrected chi connectivity index (χ1v) is 11.6. The van der Waals surface area contributed by atoms with Crippen LogP contribution in [0.25, 0.3) is 26.1 Å². The van der Waals surface area contributed by atoms with Crippen LogP contribution in [0.2, 0.25) is 0 Å². The average Bonchev–Trinajstić information content (AvgIpc) is 3.52. The summed E-state index contributed by atoms with van der Waals surface area (Å²) in [5, 5.41) is 3.57. The van der Waals surface area contributed by atoms with E-state index in [-0.39, 0.29) is 13.1 Å². The van der Waals surface area contributed by atoms with Crippen LogP contribution >= 0.6 is 11.3 Å². The van der Waals surface area contributed by atoms with Crippen molar-refractivity contribution in [1.82, 2.24) is 9.13 Å². The molecular formula is C26H21N3O5S. The fraction of sp³-hybridized carbons (Fsp3) is 0.115. The summed E-state index contributed by atoms with van der Waals surface area (Å²) in [5.74, 6) is 0.587. The summed E-state index contributed by atoms with van der Waals surface area (Å²) >= 11 is 1.30. The lowest BCUT2D eigenvalue weighted by molar-refractivity contribution is -0.116. The Labute approximate surface area is 203 Å². The van der Waals surface area contributed by atoms with E-state index in [4.69, 9.17) is 9.15 Å². The van der Waals surface area contributed by atoms with Gasteiger partial charge in [0.1, 0.15) is 22.8 Å². The predicted molar refractivity (Wildman–Crippen MR) is 137 cm³/mol. The maximum absolute atomic E-state index is 13.5. The molecule has 0 bridgehead atoms. The van der Waals surface area contributed by atoms with E-state index >= 15 is 0 Å². The first-order valence-electron chi connectivity index (χ1n) is 10.8. The van der Waals surface area contributed by atoms with Gasteiger partial charge in [0, 0.05) is 21.3 Å². The molecule has 0 unspecified atom stereocenters. The smallest absolute Gasteiger partial charge is 0.332 e. The lowest BCUT2D eigenvalue weighted by atomic mass is 10.2. The van der Waals surface area contributed by atoms with Gasteiger partial charge in [-0.2, -0.15) is 0 Å². The molecule has 0 aliphatic heterocycles. The molecule has 0 saturated carbocycles. The van der Waals surface area contributed by atoms with E-state index in [1.54, 1.807) is 36.4 Å². The van der Waals surface area contributed by atoms with Gasteiger partial charge in [-0.05, 0) is 42.5 Å². The molecule has 0 fully saturated rings. The van der Waals surface area contributed by atoms with Crippen LogP contribution in [0.3, 0.4) is 0 Å². The number of carbonyl (C=O) groups is 1. The summed E-state index contributed by atoms with van der Waals surface area (Å²) in [7, 11) is 1.54. The summed E-state index contributed by atoms with van der Waals surface area (Å²) in [4.78, 5) is 39.8. The summed E-state index contributed by atoms with van der Waals surface area (Å²) in [6, 6.07) is 17.9. The molecule has 0 saturated heterocycles. The first kappa shape index (κ1) is 22.4. The molecular weight excluding hydrogens is 466 g/mol. The number of fused-ring (bicyclic) bond motifs is 3. The number of hydrogen-bond acceptors (Lipinski definition) is 6. The Balaban J connectivity index is 1.56. The van der Waals surface area contributed by atoms with E-state index in [2.05, 4.69) is 11.9 Å². The van der Waals surface area contributed by atoms with Gasteiger partial charge in [-0.1, -0.05) is 24.8 Å². The molecule has 35 heavy (non-hydrogen) atoms. The van der Waals surface area contributed by atoms with E-state index in [0.29, 0.717) is 27.4 Å². The highest BCUT2D eigenvalue weighted by Gasteiger charge is 2.20. The first-order chi connectivity index (χ1) is 17.0. The Hall–Kier alpha value is -4.37. The fourth-order valence-electron chi connectivity index (χ4n) is 3.94. The van der Waals surface area contributed by atoms with Gasteiger partial charge in [0.05, 0.1) is 25.4 Å². The highest BCUT2D eigenvalue weighted by Crippen LogP contribution is 2.31. The number of anilines is 1. The van der Waals surface area contributed by atoms with Crippen LogP contribution in [0, 0.1) is 0 Å². The number of nitrogens with one attached hydrogen (secondary N) is 1. The number of carbonyl (C=O) groups excluding carboxylic acids is 1. The average molecular weight is 488 g/mol. The molecule has 2 aromatic carbocycles. The number of nitrogens with zero attached hydrogens (tertiary/aromatic N) is 2. The van der Waals surface area contributed by atoms with E-state index in [0.717, 1.165) is 20.2 Å². The number of ether oxygens (including phenoxy) is 1. The van der Waals surface area contributed by atoms with E-state index in [9.17, 15) is 14.4 Å². The minimum atomic E-state index is -0.579. The number of methoxy groups -OCH3 is 1. The molecule has 0 aliphatic rings. The molecule has 9 heteroatoms. The third kappa shape index (κ3) is 4.17. The van der Waals surface area contributed by atoms with Gasteiger partial charge in [-0.25, -0.2) is 4.79 Å². The van der Waals surface area contributed by atoms with Gasteiger partial charge in [0.15, 0.2) is 0 Å². The number of furan rings is 1. The lowest BCUT2D eigenvalue weighted by Crippen LogP contribution is -2.41. The van der Waals surface area contributed by atoms with Crippen LogP contribution in [-0.2, 0) is 22.6 Å². The fourth-order valence-corrected chi connectivity index (χ4v) is 5.10. The largest absolute Gasteiger partial charge is 0.497 e. The van der Waals surface area contributed by atoms with E-state index in [1.165, 1.54) is 29.3 Å². The third-order valence-corrected chi connectivity index (χ3v) is 6.82. The van der Waals surface area contributed by atoms with Crippen LogP contribution in [0.5, 0.6) is 0 Å².